The molecule has 228 valence electrons. The molecular formula is C32H33N5O7. The molecule has 1 heterocycles. The third kappa shape index (κ3) is 7.84. The minimum Gasteiger partial charge on any atom is -0.490 e. The number of para-hydroxylation sites is 1. The van der Waals surface area contributed by atoms with Crippen molar-refractivity contribution in [1.29, 1.82) is 5.26 Å². The highest BCUT2D eigenvalue weighted by Crippen LogP contribution is 2.35. The quantitative estimate of drug-likeness (QED) is 0.0994. The molecule has 12 heteroatoms. The summed E-state index contributed by atoms with van der Waals surface area (Å²) >= 11 is 0. The molecule has 0 radical (unpaired) electrons. The first kappa shape index (κ1) is 31.4. The number of carbonyl (C=O) groups excluding carboxylic acids is 2. The number of methoxy groups -OCH3 is 1. The number of aliphatic hydroxyl groups is 1. The fraction of sp³-hybridized carbons (Fsp3) is 0.250. The SMILES string of the molecule is CCOc1cc([C@H]2NC(=O)NC(C)=C2C(=O)OC)ccc1OC[C@H](O)N/N=C/c1ccccc1OCc1ccccc1C#N. The molecule has 0 aliphatic carbocycles. The van der Waals surface area contributed by atoms with Crippen LogP contribution < -0.4 is 30.3 Å². The summed E-state index contributed by atoms with van der Waals surface area (Å²) in [5, 5.41) is 29.2. The molecule has 0 unspecified atom stereocenters. The third-order valence-corrected chi connectivity index (χ3v) is 6.54. The van der Waals surface area contributed by atoms with E-state index in [1.165, 1.54) is 13.3 Å². The summed E-state index contributed by atoms with van der Waals surface area (Å²) in [4.78, 5) is 24.6. The molecule has 1 aliphatic rings. The van der Waals surface area contributed by atoms with Crippen LogP contribution in [0, 0.1) is 11.3 Å². The molecule has 0 saturated carbocycles. The third-order valence-electron chi connectivity index (χ3n) is 6.54. The number of carbonyl (C=O) groups is 2. The number of nitrogens with zero attached hydrogens (tertiary/aromatic N) is 2. The Morgan fingerprint density at radius 1 is 1.09 bits per heavy atom. The number of ether oxygens (including phenoxy) is 4. The van der Waals surface area contributed by atoms with Crippen molar-refractivity contribution in [2.45, 2.75) is 32.7 Å². The normalized spacial score (nSPS) is 15.1. The molecule has 2 amide bonds. The smallest absolute Gasteiger partial charge is 0.337 e. The van der Waals surface area contributed by atoms with Crippen molar-refractivity contribution in [2.24, 2.45) is 5.10 Å². The Bertz CT molecular complexity index is 1600. The van der Waals surface area contributed by atoms with Gasteiger partial charge in [-0.3, -0.25) is 5.43 Å². The van der Waals surface area contributed by atoms with E-state index in [9.17, 15) is 20.0 Å². The molecule has 12 nitrogen and oxygen atoms in total. The number of benzene rings is 3. The van der Waals surface area contributed by atoms with Crippen molar-refractivity contribution in [3.63, 3.8) is 0 Å². The van der Waals surface area contributed by atoms with Crippen LogP contribution in [-0.4, -0.2) is 49.9 Å². The first-order valence-corrected chi connectivity index (χ1v) is 13.8. The van der Waals surface area contributed by atoms with E-state index < -0.39 is 24.3 Å². The number of hydrogen-bond acceptors (Lipinski definition) is 10. The van der Waals surface area contributed by atoms with E-state index in [0.29, 0.717) is 46.2 Å². The highest BCUT2D eigenvalue weighted by Gasteiger charge is 2.32. The lowest BCUT2D eigenvalue weighted by molar-refractivity contribution is -0.136. The molecule has 3 aromatic rings. The first-order chi connectivity index (χ1) is 21.3. The van der Waals surface area contributed by atoms with Crippen molar-refractivity contribution in [3.05, 3.63) is 100 Å². The number of esters is 1. The summed E-state index contributed by atoms with van der Waals surface area (Å²) in [5.41, 5.74) is 5.82. The number of rotatable bonds is 13. The number of allylic oxidation sites excluding steroid dienone is 1. The van der Waals surface area contributed by atoms with E-state index in [1.807, 2.05) is 37.3 Å². The van der Waals surface area contributed by atoms with Crippen molar-refractivity contribution >= 4 is 18.2 Å². The van der Waals surface area contributed by atoms with Gasteiger partial charge in [0.05, 0.1) is 43.2 Å². The highest BCUT2D eigenvalue weighted by molar-refractivity contribution is 5.95. The lowest BCUT2D eigenvalue weighted by Gasteiger charge is -2.28. The fourth-order valence-corrected chi connectivity index (χ4v) is 4.44. The maximum absolute atomic E-state index is 12.4. The highest BCUT2D eigenvalue weighted by atomic mass is 16.5. The molecule has 0 saturated heterocycles. The largest absolute Gasteiger partial charge is 0.490 e. The van der Waals surface area contributed by atoms with Gasteiger partial charge in [-0.1, -0.05) is 36.4 Å². The minimum absolute atomic E-state index is 0.170. The summed E-state index contributed by atoms with van der Waals surface area (Å²) in [5.74, 6) is 0.687. The van der Waals surface area contributed by atoms with Crippen molar-refractivity contribution < 1.29 is 33.6 Å². The molecule has 0 bridgehead atoms. The lowest BCUT2D eigenvalue weighted by atomic mass is 9.95. The Balaban J connectivity index is 1.39. The maximum Gasteiger partial charge on any atom is 0.337 e. The Kier molecular flexibility index (Phi) is 10.8. The summed E-state index contributed by atoms with van der Waals surface area (Å²) < 4.78 is 22.4. The van der Waals surface area contributed by atoms with Crippen LogP contribution >= 0.6 is 0 Å². The average Bonchev–Trinajstić information content (AvgIpc) is 3.03. The van der Waals surface area contributed by atoms with Crippen molar-refractivity contribution in [1.82, 2.24) is 16.1 Å². The van der Waals surface area contributed by atoms with Gasteiger partial charge in [0.25, 0.3) is 0 Å². The summed E-state index contributed by atoms with van der Waals surface area (Å²) in [6, 6.07) is 20.4. The van der Waals surface area contributed by atoms with Crippen molar-refractivity contribution in [2.75, 3.05) is 20.3 Å². The van der Waals surface area contributed by atoms with E-state index in [-0.39, 0.29) is 18.8 Å². The van der Waals surface area contributed by atoms with Gasteiger partial charge in [0.15, 0.2) is 17.7 Å². The molecule has 44 heavy (non-hydrogen) atoms. The zero-order chi connectivity index (χ0) is 31.5. The standard InChI is InChI=1S/C32H33N5O7/c1-4-42-27-15-21(30-29(31(39)41-3)20(2)35-32(40)36-30)13-14-26(27)44-19-28(38)37-34-17-23-10-7-8-12-25(23)43-18-24-11-6-5-9-22(24)16-33/h5-15,17,28,30,37-38H,4,18-19H2,1-3H3,(H2,35,36,40)/b34-17+/t28-,30+/m0/s1. The van der Waals surface area contributed by atoms with Gasteiger partial charge < -0.3 is 34.7 Å². The van der Waals surface area contributed by atoms with Gasteiger partial charge in [0.2, 0.25) is 0 Å². The first-order valence-electron chi connectivity index (χ1n) is 13.8. The van der Waals surface area contributed by atoms with E-state index >= 15 is 0 Å². The topological polar surface area (TPSA) is 164 Å². The molecule has 3 aromatic carbocycles. The number of nitriles is 1. The van der Waals surface area contributed by atoms with Gasteiger partial charge >= 0.3 is 12.0 Å². The van der Waals surface area contributed by atoms with Crippen LogP contribution in [0.2, 0.25) is 0 Å². The molecule has 0 spiro atoms. The molecule has 1 aliphatic heterocycles. The van der Waals surface area contributed by atoms with Crippen LogP contribution in [0.3, 0.4) is 0 Å². The van der Waals surface area contributed by atoms with Gasteiger partial charge in [-0.15, -0.1) is 0 Å². The van der Waals surface area contributed by atoms with Crippen LogP contribution in [-0.2, 0) is 16.1 Å². The molecule has 4 rings (SSSR count). The van der Waals surface area contributed by atoms with E-state index in [0.717, 1.165) is 5.56 Å². The van der Waals surface area contributed by atoms with Crippen LogP contribution in [0.4, 0.5) is 4.79 Å². The van der Waals surface area contributed by atoms with Crippen LogP contribution in [0.25, 0.3) is 0 Å². The van der Waals surface area contributed by atoms with Crippen LogP contribution in [0.5, 0.6) is 17.2 Å². The zero-order valence-corrected chi connectivity index (χ0v) is 24.5. The van der Waals surface area contributed by atoms with E-state index in [1.54, 1.807) is 43.3 Å². The molecular weight excluding hydrogens is 566 g/mol. The average molecular weight is 600 g/mol. The predicted octanol–water partition coefficient (Wildman–Crippen LogP) is 3.66. The zero-order valence-electron chi connectivity index (χ0n) is 24.5. The Hall–Kier alpha value is -5.54. The second kappa shape index (κ2) is 15.1. The summed E-state index contributed by atoms with van der Waals surface area (Å²) in [6.45, 7) is 3.80. The number of urea groups is 1. The fourth-order valence-electron chi connectivity index (χ4n) is 4.44. The van der Waals surface area contributed by atoms with Crippen LogP contribution in [0.1, 0.15) is 42.1 Å². The summed E-state index contributed by atoms with van der Waals surface area (Å²) in [6.07, 6.45) is 0.341. The van der Waals surface area contributed by atoms with Crippen LogP contribution in [0.15, 0.2) is 83.1 Å². The Morgan fingerprint density at radius 2 is 1.86 bits per heavy atom. The number of amides is 2. The van der Waals surface area contributed by atoms with Gasteiger partial charge in [0.1, 0.15) is 19.0 Å². The molecule has 2 atom stereocenters. The van der Waals surface area contributed by atoms with Gasteiger partial charge in [0, 0.05) is 16.8 Å². The van der Waals surface area contributed by atoms with Crippen molar-refractivity contribution in [3.8, 4) is 23.3 Å². The molecule has 0 aromatic heterocycles. The van der Waals surface area contributed by atoms with Gasteiger partial charge in [-0.2, -0.15) is 10.4 Å². The number of hydrazone groups is 1. The maximum atomic E-state index is 12.4. The number of hydrogen-bond donors (Lipinski definition) is 4. The second-order valence-electron chi connectivity index (χ2n) is 9.51. The van der Waals surface area contributed by atoms with E-state index in [4.69, 9.17) is 18.9 Å². The minimum atomic E-state index is -1.17. The molecule has 0 fully saturated rings. The predicted molar refractivity (Wildman–Crippen MR) is 161 cm³/mol. The molecule has 4 N–H and O–H groups in total. The number of nitrogens with one attached hydrogen (secondary N) is 3. The van der Waals surface area contributed by atoms with Gasteiger partial charge in [-0.05, 0) is 49.7 Å². The number of aliphatic hydroxyl groups excluding tert-OH is 1. The van der Waals surface area contributed by atoms with E-state index in [2.05, 4.69) is 27.2 Å². The van der Waals surface area contributed by atoms with Gasteiger partial charge in [-0.25, -0.2) is 9.59 Å². The Labute approximate surface area is 254 Å². The lowest BCUT2D eigenvalue weighted by Crippen LogP contribution is -2.45. The summed E-state index contributed by atoms with van der Waals surface area (Å²) in [7, 11) is 1.27. The Morgan fingerprint density at radius 3 is 2.64 bits per heavy atom. The monoisotopic (exact) mass is 599 g/mol. The second-order valence-corrected chi connectivity index (χ2v) is 9.51.